The fraction of sp³-hybridized carbons (Fsp3) is 0.929. The van der Waals surface area contributed by atoms with Crippen LogP contribution < -0.4 is 0 Å². The number of hydrogen-bond acceptors (Lipinski definition) is 3. The lowest BCUT2D eigenvalue weighted by Gasteiger charge is -2.17. The Balaban J connectivity index is 3.80. The van der Waals surface area contributed by atoms with Crippen molar-refractivity contribution in [1.82, 2.24) is 0 Å². The van der Waals surface area contributed by atoms with Crippen LogP contribution in [0.4, 0.5) is 0 Å². The first-order chi connectivity index (χ1) is 8.13. The molecule has 0 aliphatic heterocycles. The van der Waals surface area contributed by atoms with E-state index in [0.717, 1.165) is 19.3 Å². The molecule has 17 heavy (non-hydrogen) atoms. The summed E-state index contributed by atoms with van der Waals surface area (Å²) in [5.74, 6) is 0.331. The normalized spacial score (nSPS) is 14.4. The number of rotatable bonds is 10. The van der Waals surface area contributed by atoms with E-state index in [-0.39, 0.29) is 5.97 Å². The summed E-state index contributed by atoms with van der Waals surface area (Å²) in [6.45, 7) is 8.75. The fourth-order valence-electron chi connectivity index (χ4n) is 1.73. The van der Waals surface area contributed by atoms with Crippen LogP contribution in [0.25, 0.3) is 0 Å². The van der Waals surface area contributed by atoms with Crippen LogP contribution in [0, 0.1) is 5.92 Å². The molecule has 0 spiro atoms. The summed E-state index contributed by atoms with van der Waals surface area (Å²) in [4.78, 5) is 11.6. The zero-order valence-corrected chi connectivity index (χ0v) is 11.8. The summed E-state index contributed by atoms with van der Waals surface area (Å²) >= 11 is 0. The maximum atomic E-state index is 11.6. The monoisotopic (exact) mass is 244 g/mol. The molecule has 3 heteroatoms. The summed E-state index contributed by atoms with van der Waals surface area (Å²) in [5.41, 5.74) is 0. The Morgan fingerprint density at radius 1 is 1.18 bits per heavy atom. The first-order valence-corrected chi connectivity index (χ1v) is 6.95. The summed E-state index contributed by atoms with van der Waals surface area (Å²) in [6, 6.07) is 0. The van der Waals surface area contributed by atoms with Crippen molar-refractivity contribution in [1.29, 1.82) is 0 Å². The zero-order valence-electron chi connectivity index (χ0n) is 11.8. The molecule has 0 aliphatic rings. The Morgan fingerprint density at radius 3 is 2.41 bits per heavy atom. The molecule has 0 aromatic heterocycles. The predicted octanol–water partition coefficient (Wildman–Crippen LogP) is 3.91. The molecule has 0 aromatic carbocycles. The Hall–Kier alpha value is -0.570. The number of hydrogen-bond donors (Lipinski definition) is 0. The highest BCUT2D eigenvalue weighted by Crippen LogP contribution is 2.17. The van der Waals surface area contributed by atoms with Gasteiger partial charge in [-0.25, -0.2) is 0 Å². The van der Waals surface area contributed by atoms with Gasteiger partial charge in [0.25, 0.3) is 0 Å². The predicted molar refractivity (Wildman–Crippen MR) is 69.7 cm³/mol. The van der Waals surface area contributed by atoms with E-state index >= 15 is 0 Å². The van der Waals surface area contributed by atoms with Gasteiger partial charge in [-0.1, -0.05) is 40.0 Å². The van der Waals surface area contributed by atoms with E-state index in [0.29, 0.717) is 18.9 Å². The van der Waals surface area contributed by atoms with Crippen LogP contribution in [0.15, 0.2) is 0 Å². The average molecular weight is 244 g/mol. The highest BCUT2D eigenvalue weighted by atomic mass is 16.7. The average Bonchev–Trinajstić information content (AvgIpc) is 2.31. The molecule has 2 atom stereocenters. The lowest BCUT2D eigenvalue weighted by atomic mass is 9.96. The van der Waals surface area contributed by atoms with Crippen molar-refractivity contribution in [2.24, 2.45) is 5.92 Å². The third kappa shape index (κ3) is 9.16. The molecule has 0 aromatic rings. The number of ether oxygens (including phenoxy) is 2. The molecule has 0 N–H and O–H groups in total. The number of esters is 1. The minimum Gasteiger partial charge on any atom is -0.436 e. The second-order valence-corrected chi connectivity index (χ2v) is 4.55. The molecule has 0 heterocycles. The van der Waals surface area contributed by atoms with Gasteiger partial charge in [0.05, 0.1) is 6.61 Å². The zero-order chi connectivity index (χ0) is 13.1. The van der Waals surface area contributed by atoms with Crippen molar-refractivity contribution < 1.29 is 14.3 Å². The largest absolute Gasteiger partial charge is 0.436 e. The summed E-state index contributed by atoms with van der Waals surface area (Å²) in [7, 11) is 0. The summed E-state index contributed by atoms with van der Waals surface area (Å²) in [5, 5.41) is 0. The Kier molecular flexibility index (Phi) is 10.2. The van der Waals surface area contributed by atoms with E-state index in [1.807, 2.05) is 6.92 Å². The smallest absolute Gasteiger partial charge is 0.308 e. The van der Waals surface area contributed by atoms with Crippen LogP contribution in [0.2, 0.25) is 0 Å². The number of carbonyl (C=O) groups excluding carboxylic acids is 1. The topological polar surface area (TPSA) is 35.5 Å². The minimum absolute atomic E-state index is 0.128. The van der Waals surface area contributed by atoms with Gasteiger partial charge in [-0.05, 0) is 25.7 Å². The maximum absolute atomic E-state index is 11.6. The van der Waals surface area contributed by atoms with Crippen LogP contribution in [0.1, 0.15) is 66.2 Å². The molecule has 0 fully saturated rings. The quantitative estimate of drug-likeness (QED) is 0.432. The fourth-order valence-corrected chi connectivity index (χ4v) is 1.73. The molecule has 0 saturated carbocycles. The van der Waals surface area contributed by atoms with Crippen molar-refractivity contribution in [2.75, 3.05) is 6.61 Å². The van der Waals surface area contributed by atoms with E-state index in [9.17, 15) is 4.79 Å². The van der Waals surface area contributed by atoms with Gasteiger partial charge < -0.3 is 9.47 Å². The van der Waals surface area contributed by atoms with Crippen molar-refractivity contribution in [2.45, 2.75) is 72.5 Å². The highest BCUT2D eigenvalue weighted by Gasteiger charge is 2.15. The summed E-state index contributed by atoms with van der Waals surface area (Å²) < 4.78 is 10.5. The van der Waals surface area contributed by atoms with Gasteiger partial charge in [-0.15, -0.1) is 0 Å². The molecule has 102 valence electrons. The van der Waals surface area contributed by atoms with Gasteiger partial charge in [0, 0.05) is 6.42 Å². The van der Waals surface area contributed by atoms with Crippen LogP contribution in [-0.2, 0) is 14.3 Å². The van der Waals surface area contributed by atoms with Gasteiger partial charge in [0.1, 0.15) is 0 Å². The maximum Gasteiger partial charge on any atom is 0.308 e. The van der Waals surface area contributed by atoms with Crippen LogP contribution in [0.3, 0.4) is 0 Å². The minimum atomic E-state index is -0.411. The second-order valence-electron chi connectivity index (χ2n) is 4.55. The molecule has 0 aliphatic carbocycles. The Morgan fingerprint density at radius 2 is 1.88 bits per heavy atom. The number of carbonyl (C=O) groups is 1. The molecule has 0 bridgehead atoms. The van der Waals surface area contributed by atoms with E-state index in [1.54, 1.807) is 6.92 Å². The summed E-state index contributed by atoms with van der Waals surface area (Å²) in [6.07, 6.45) is 5.58. The molecule has 0 rings (SSSR count). The van der Waals surface area contributed by atoms with Gasteiger partial charge >= 0.3 is 5.97 Å². The van der Waals surface area contributed by atoms with Crippen LogP contribution in [-0.4, -0.2) is 18.9 Å². The van der Waals surface area contributed by atoms with Crippen LogP contribution >= 0.6 is 0 Å². The number of unbranched alkanes of at least 4 members (excludes halogenated alkanes) is 1. The molecular weight excluding hydrogens is 216 g/mol. The molecule has 0 saturated heterocycles. The lowest BCUT2D eigenvalue weighted by molar-refractivity contribution is -0.175. The third-order valence-electron chi connectivity index (χ3n) is 2.85. The van der Waals surface area contributed by atoms with Crippen molar-refractivity contribution in [3.63, 3.8) is 0 Å². The molecule has 3 nitrogen and oxygen atoms in total. The van der Waals surface area contributed by atoms with E-state index in [1.165, 1.54) is 12.8 Å². The highest BCUT2D eigenvalue weighted by molar-refractivity contribution is 5.69. The molecule has 0 radical (unpaired) electrons. The van der Waals surface area contributed by atoms with Gasteiger partial charge in [-0.2, -0.15) is 0 Å². The lowest BCUT2D eigenvalue weighted by Crippen LogP contribution is -2.20. The van der Waals surface area contributed by atoms with E-state index in [4.69, 9.17) is 9.47 Å². The molecule has 0 amide bonds. The molecule has 2 unspecified atom stereocenters. The third-order valence-corrected chi connectivity index (χ3v) is 2.85. The van der Waals surface area contributed by atoms with Gasteiger partial charge in [0.15, 0.2) is 6.29 Å². The van der Waals surface area contributed by atoms with Gasteiger partial charge in [0.2, 0.25) is 0 Å². The Labute approximate surface area is 106 Å². The second kappa shape index (κ2) is 10.6. The molecular formula is C14H28O3. The Bertz CT molecular complexity index is 192. The van der Waals surface area contributed by atoms with Crippen molar-refractivity contribution in [3.8, 4) is 0 Å². The standard InChI is InChI=1S/C14H28O3/c1-5-8-9-13(7-3)11-14(15)17-12(4)16-10-6-2/h12-13H,5-11H2,1-4H3. The van der Waals surface area contributed by atoms with E-state index in [2.05, 4.69) is 13.8 Å². The van der Waals surface area contributed by atoms with E-state index < -0.39 is 6.29 Å². The van der Waals surface area contributed by atoms with Crippen molar-refractivity contribution >= 4 is 5.97 Å². The van der Waals surface area contributed by atoms with Crippen LogP contribution in [0.5, 0.6) is 0 Å². The first-order valence-electron chi connectivity index (χ1n) is 6.95. The van der Waals surface area contributed by atoms with Crippen molar-refractivity contribution in [3.05, 3.63) is 0 Å². The first kappa shape index (κ1) is 16.4. The SMILES string of the molecule is CCCCC(CC)CC(=O)OC(C)OCCC. The van der Waals surface area contributed by atoms with Gasteiger partial charge in [-0.3, -0.25) is 4.79 Å².